The third-order valence-corrected chi connectivity index (χ3v) is 4.96. The molecule has 2 aromatic rings. The SMILES string of the molecule is O=C(c1ccc(C(F)(F)F)cc1)N1CCN(CCc2cccc(Cl)c2)CC1. The highest BCUT2D eigenvalue weighted by atomic mass is 35.5. The summed E-state index contributed by atoms with van der Waals surface area (Å²) in [7, 11) is 0. The van der Waals surface area contributed by atoms with Gasteiger partial charge in [0.25, 0.3) is 5.91 Å². The monoisotopic (exact) mass is 396 g/mol. The van der Waals surface area contributed by atoms with E-state index in [1.807, 2.05) is 24.3 Å². The zero-order valence-corrected chi connectivity index (χ0v) is 15.4. The lowest BCUT2D eigenvalue weighted by atomic mass is 10.1. The molecule has 3 rings (SSSR count). The molecular weight excluding hydrogens is 377 g/mol. The van der Waals surface area contributed by atoms with E-state index in [9.17, 15) is 18.0 Å². The van der Waals surface area contributed by atoms with Gasteiger partial charge in [0.15, 0.2) is 0 Å². The zero-order chi connectivity index (χ0) is 19.4. The maximum absolute atomic E-state index is 12.6. The van der Waals surface area contributed by atoms with E-state index >= 15 is 0 Å². The highest BCUT2D eigenvalue weighted by Gasteiger charge is 2.30. The fourth-order valence-corrected chi connectivity index (χ4v) is 3.35. The summed E-state index contributed by atoms with van der Waals surface area (Å²) >= 11 is 5.99. The number of rotatable bonds is 4. The Hall–Kier alpha value is -2.05. The van der Waals surface area contributed by atoms with Crippen LogP contribution in [0.1, 0.15) is 21.5 Å². The van der Waals surface area contributed by atoms with Gasteiger partial charge in [-0.3, -0.25) is 9.69 Å². The highest BCUT2D eigenvalue weighted by molar-refractivity contribution is 6.30. The van der Waals surface area contributed by atoms with Gasteiger partial charge in [0.2, 0.25) is 0 Å². The van der Waals surface area contributed by atoms with Crippen molar-refractivity contribution in [2.24, 2.45) is 0 Å². The number of amides is 1. The summed E-state index contributed by atoms with van der Waals surface area (Å²) in [5, 5.41) is 0.722. The number of carbonyl (C=O) groups is 1. The maximum Gasteiger partial charge on any atom is 0.416 e. The van der Waals surface area contributed by atoms with Crippen molar-refractivity contribution in [3.63, 3.8) is 0 Å². The van der Waals surface area contributed by atoms with Gasteiger partial charge < -0.3 is 4.90 Å². The minimum Gasteiger partial charge on any atom is -0.336 e. The molecule has 2 aromatic carbocycles. The van der Waals surface area contributed by atoms with Crippen LogP contribution in [0.15, 0.2) is 48.5 Å². The standard InChI is InChI=1S/C20H20ClF3N2O/c21-18-3-1-2-15(14-18)8-9-25-10-12-26(13-11-25)19(27)16-4-6-17(7-5-16)20(22,23)24/h1-7,14H,8-13H2. The van der Waals surface area contributed by atoms with Crippen molar-refractivity contribution in [3.05, 3.63) is 70.2 Å². The van der Waals surface area contributed by atoms with Gasteiger partial charge >= 0.3 is 6.18 Å². The topological polar surface area (TPSA) is 23.6 Å². The van der Waals surface area contributed by atoms with E-state index in [0.717, 1.165) is 43.2 Å². The Labute approximate surface area is 161 Å². The van der Waals surface area contributed by atoms with E-state index in [2.05, 4.69) is 4.90 Å². The van der Waals surface area contributed by atoms with Crippen LogP contribution < -0.4 is 0 Å². The van der Waals surface area contributed by atoms with Crippen molar-refractivity contribution in [3.8, 4) is 0 Å². The molecule has 1 heterocycles. The minimum atomic E-state index is -4.39. The van der Waals surface area contributed by atoms with Crippen LogP contribution in [0.25, 0.3) is 0 Å². The Kier molecular flexibility index (Phi) is 6.07. The molecule has 0 atom stereocenters. The fraction of sp³-hybridized carbons (Fsp3) is 0.350. The Bertz CT molecular complexity index is 785. The molecule has 7 heteroatoms. The van der Waals surface area contributed by atoms with Crippen LogP contribution in [0.4, 0.5) is 13.2 Å². The molecule has 0 aromatic heterocycles. The van der Waals surface area contributed by atoms with E-state index in [4.69, 9.17) is 11.6 Å². The molecule has 1 fully saturated rings. The van der Waals surface area contributed by atoms with E-state index in [1.165, 1.54) is 17.7 Å². The Morgan fingerprint density at radius 3 is 2.26 bits per heavy atom. The van der Waals surface area contributed by atoms with Crippen molar-refractivity contribution in [2.45, 2.75) is 12.6 Å². The van der Waals surface area contributed by atoms with Gasteiger partial charge in [0.05, 0.1) is 5.56 Å². The third-order valence-electron chi connectivity index (χ3n) is 4.72. The largest absolute Gasteiger partial charge is 0.416 e. The Morgan fingerprint density at radius 1 is 1.00 bits per heavy atom. The van der Waals surface area contributed by atoms with Crippen LogP contribution in [0.3, 0.4) is 0 Å². The van der Waals surface area contributed by atoms with E-state index in [1.54, 1.807) is 4.90 Å². The Morgan fingerprint density at radius 2 is 1.67 bits per heavy atom. The number of hydrogen-bond donors (Lipinski definition) is 0. The smallest absolute Gasteiger partial charge is 0.336 e. The molecule has 1 amide bonds. The Balaban J connectivity index is 1.50. The quantitative estimate of drug-likeness (QED) is 0.766. The second-order valence-corrected chi connectivity index (χ2v) is 7.03. The van der Waals surface area contributed by atoms with Gasteiger partial charge in [-0.25, -0.2) is 0 Å². The average molecular weight is 397 g/mol. The summed E-state index contributed by atoms with van der Waals surface area (Å²) in [6.45, 7) is 3.49. The predicted octanol–water partition coefficient (Wildman–Crippen LogP) is 4.36. The van der Waals surface area contributed by atoms with Crippen LogP contribution in [0.5, 0.6) is 0 Å². The maximum atomic E-state index is 12.6. The number of piperazine rings is 1. The molecule has 144 valence electrons. The van der Waals surface area contributed by atoms with Gasteiger partial charge in [-0.2, -0.15) is 13.2 Å². The fourth-order valence-electron chi connectivity index (χ4n) is 3.14. The molecule has 0 bridgehead atoms. The van der Waals surface area contributed by atoms with E-state index < -0.39 is 11.7 Å². The first-order chi connectivity index (χ1) is 12.8. The van der Waals surface area contributed by atoms with E-state index in [0.29, 0.717) is 13.1 Å². The first kappa shape index (κ1) is 19.7. The molecule has 0 unspecified atom stereocenters. The first-order valence-corrected chi connectivity index (χ1v) is 9.14. The van der Waals surface area contributed by atoms with Crippen LogP contribution in [-0.2, 0) is 12.6 Å². The van der Waals surface area contributed by atoms with E-state index in [-0.39, 0.29) is 11.5 Å². The van der Waals surface area contributed by atoms with Crippen LogP contribution >= 0.6 is 11.6 Å². The zero-order valence-electron chi connectivity index (χ0n) is 14.7. The molecular formula is C20H20ClF3N2O. The van der Waals surface area contributed by atoms with Crippen molar-refractivity contribution >= 4 is 17.5 Å². The van der Waals surface area contributed by atoms with Crippen LogP contribution in [0.2, 0.25) is 5.02 Å². The average Bonchev–Trinajstić information content (AvgIpc) is 2.66. The molecule has 0 aliphatic carbocycles. The van der Waals surface area contributed by atoms with Gasteiger partial charge in [0, 0.05) is 43.3 Å². The second-order valence-electron chi connectivity index (χ2n) is 6.59. The predicted molar refractivity (Wildman–Crippen MR) is 98.9 cm³/mol. The number of benzene rings is 2. The summed E-state index contributed by atoms with van der Waals surface area (Å²) in [5.74, 6) is -0.224. The van der Waals surface area contributed by atoms with Crippen molar-refractivity contribution in [2.75, 3.05) is 32.7 Å². The summed E-state index contributed by atoms with van der Waals surface area (Å²) < 4.78 is 37.9. The van der Waals surface area contributed by atoms with Crippen LogP contribution in [0, 0.1) is 0 Å². The molecule has 0 saturated carbocycles. The van der Waals surface area contributed by atoms with Crippen molar-refractivity contribution in [1.82, 2.24) is 9.80 Å². The number of nitrogens with zero attached hydrogens (tertiary/aromatic N) is 2. The molecule has 0 spiro atoms. The lowest BCUT2D eigenvalue weighted by Crippen LogP contribution is -2.49. The molecule has 0 N–H and O–H groups in total. The lowest BCUT2D eigenvalue weighted by molar-refractivity contribution is -0.137. The molecule has 1 saturated heterocycles. The minimum absolute atomic E-state index is 0.224. The second kappa shape index (κ2) is 8.31. The first-order valence-electron chi connectivity index (χ1n) is 8.76. The molecule has 3 nitrogen and oxygen atoms in total. The molecule has 1 aliphatic heterocycles. The van der Waals surface area contributed by atoms with Crippen molar-refractivity contribution in [1.29, 1.82) is 0 Å². The van der Waals surface area contributed by atoms with Gasteiger partial charge in [-0.05, 0) is 48.4 Å². The molecule has 0 radical (unpaired) electrons. The van der Waals surface area contributed by atoms with Crippen LogP contribution in [-0.4, -0.2) is 48.4 Å². The summed E-state index contributed by atoms with van der Waals surface area (Å²) in [5.41, 5.74) is 0.714. The molecule has 1 aliphatic rings. The number of hydrogen-bond acceptors (Lipinski definition) is 2. The van der Waals surface area contributed by atoms with Gasteiger partial charge in [0.1, 0.15) is 0 Å². The molecule has 27 heavy (non-hydrogen) atoms. The number of alkyl halides is 3. The number of halogens is 4. The lowest BCUT2D eigenvalue weighted by Gasteiger charge is -2.34. The normalized spacial score (nSPS) is 15.8. The summed E-state index contributed by atoms with van der Waals surface area (Å²) in [6.07, 6.45) is -3.51. The van der Waals surface area contributed by atoms with Gasteiger partial charge in [-0.15, -0.1) is 0 Å². The summed E-state index contributed by atoms with van der Waals surface area (Å²) in [6, 6.07) is 12.2. The third kappa shape index (κ3) is 5.23. The highest BCUT2D eigenvalue weighted by Crippen LogP contribution is 2.29. The van der Waals surface area contributed by atoms with Gasteiger partial charge in [-0.1, -0.05) is 23.7 Å². The summed E-state index contributed by atoms with van der Waals surface area (Å²) in [4.78, 5) is 16.5. The number of carbonyl (C=O) groups excluding carboxylic acids is 1. The van der Waals surface area contributed by atoms with Crippen molar-refractivity contribution < 1.29 is 18.0 Å².